The minimum Gasteiger partial charge on any atom is -0.449 e. The van der Waals surface area contributed by atoms with Crippen LogP contribution in [0.5, 0.6) is 0 Å². The predicted octanol–water partition coefficient (Wildman–Crippen LogP) is 2.22. The van der Waals surface area contributed by atoms with Crippen LogP contribution in [-0.4, -0.2) is 39.2 Å². The van der Waals surface area contributed by atoms with Crippen molar-refractivity contribution in [2.75, 3.05) is 17.7 Å². The van der Waals surface area contributed by atoms with Gasteiger partial charge in [-0.1, -0.05) is 24.3 Å². The molecule has 7 heteroatoms. The molecule has 1 aliphatic heterocycles. The number of hydrogen-bond donors (Lipinski definition) is 0. The van der Waals surface area contributed by atoms with Gasteiger partial charge in [-0.15, -0.1) is 0 Å². The average Bonchev–Trinajstić information content (AvgIpc) is 3.04. The van der Waals surface area contributed by atoms with E-state index in [-0.39, 0.29) is 16.4 Å². The Balaban J connectivity index is 1.73. The SMILES string of the molecule is C[C@@H](OC(=O)c1cccc(S(C)(=O)=O)c1)C(=O)N1CCc2ccccc21. The summed E-state index contributed by atoms with van der Waals surface area (Å²) in [6, 6.07) is 13.2. The number of carbonyl (C=O) groups excluding carboxylic acids is 2. The van der Waals surface area contributed by atoms with Crippen LogP contribution in [0.25, 0.3) is 0 Å². The maximum absolute atomic E-state index is 12.7. The number of amides is 1. The van der Waals surface area contributed by atoms with Gasteiger partial charge in [-0.2, -0.15) is 0 Å². The summed E-state index contributed by atoms with van der Waals surface area (Å²) in [6.45, 7) is 2.06. The van der Waals surface area contributed by atoms with Crippen LogP contribution in [0.15, 0.2) is 53.4 Å². The van der Waals surface area contributed by atoms with E-state index in [1.54, 1.807) is 4.90 Å². The summed E-state index contributed by atoms with van der Waals surface area (Å²) in [6.07, 6.45) is 0.850. The summed E-state index contributed by atoms with van der Waals surface area (Å²) in [5.41, 5.74) is 2.01. The molecule has 0 spiro atoms. The molecule has 1 heterocycles. The second-order valence-corrected chi connectivity index (χ2v) is 8.23. The van der Waals surface area contributed by atoms with Gasteiger partial charge >= 0.3 is 5.97 Å². The second kappa shape index (κ2) is 6.92. The van der Waals surface area contributed by atoms with Gasteiger partial charge in [-0.25, -0.2) is 13.2 Å². The number of ether oxygens (including phenoxy) is 1. The molecule has 0 radical (unpaired) electrons. The Bertz CT molecular complexity index is 967. The van der Waals surface area contributed by atoms with Crippen LogP contribution in [0.2, 0.25) is 0 Å². The lowest BCUT2D eigenvalue weighted by atomic mass is 10.2. The van der Waals surface area contributed by atoms with Gasteiger partial charge in [0.2, 0.25) is 0 Å². The summed E-state index contributed by atoms with van der Waals surface area (Å²) in [4.78, 5) is 26.6. The lowest BCUT2D eigenvalue weighted by Crippen LogP contribution is -2.39. The third-order valence-electron chi connectivity index (χ3n) is 4.28. The minimum absolute atomic E-state index is 0.0272. The standard InChI is InChI=1S/C19H19NO5S/c1-13(18(21)20-11-10-14-6-3-4-9-17(14)20)25-19(22)15-7-5-8-16(12-15)26(2,23)24/h3-9,12-13H,10-11H2,1-2H3/t13-/m1/s1. The van der Waals surface area contributed by atoms with Crippen LogP contribution in [0.1, 0.15) is 22.8 Å². The molecule has 2 aromatic rings. The molecule has 1 aliphatic rings. The normalized spacial score (nSPS) is 14.6. The monoisotopic (exact) mass is 373 g/mol. The Kier molecular flexibility index (Phi) is 4.82. The zero-order chi connectivity index (χ0) is 18.9. The highest BCUT2D eigenvalue weighted by molar-refractivity contribution is 7.90. The molecular weight excluding hydrogens is 354 g/mol. The van der Waals surface area contributed by atoms with Gasteiger partial charge in [-0.3, -0.25) is 4.79 Å². The highest BCUT2D eigenvalue weighted by Crippen LogP contribution is 2.28. The number of hydrogen-bond acceptors (Lipinski definition) is 5. The van der Waals surface area contributed by atoms with Crippen molar-refractivity contribution in [3.8, 4) is 0 Å². The summed E-state index contributed by atoms with van der Waals surface area (Å²) in [7, 11) is -3.43. The van der Waals surface area contributed by atoms with Gasteiger partial charge in [-0.05, 0) is 43.2 Å². The van der Waals surface area contributed by atoms with E-state index in [0.29, 0.717) is 6.54 Å². The topological polar surface area (TPSA) is 80.8 Å². The number of para-hydroxylation sites is 1. The zero-order valence-corrected chi connectivity index (χ0v) is 15.3. The predicted molar refractivity (Wildman–Crippen MR) is 96.9 cm³/mol. The molecule has 0 saturated heterocycles. The van der Waals surface area contributed by atoms with Gasteiger partial charge in [0, 0.05) is 18.5 Å². The first-order chi connectivity index (χ1) is 12.3. The number of nitrogens with zero attached hydrogens (tertiary/aromatic N) is 1. The fourth-order valence-corrected chi connectivity index (χ4v) is 3.59. The van der Waals surface area contributed by atoms with Gasteiger partial charge in [0.15, 0.2) is 15.9 Å². The molecule has 0 N–H and O–H groups in total. The van der Waals surface area contributed by atoms with E-state index < -0.39 is 21.9 Å². The molecule has 136 valence electrons. The lowest BCUT2D eigenvalue weighted by Gasteiger charge is -2.21. The first-order valence-electron chi connectivity index (χ1n) is 8.18. The van der Waals surface area contributed by atoms with Gasteiger partial charge in [0.05, 0.1) is 10.5 Å². The molecule has 3 rings (SSSR count). The summed E-state index contributed by atoms with van der Waals surface area (Å²) >= 11 is 0. The first kappa shape index (κ1) is 18.1. The molecule has 6 nitrogen and oxygen atoms in total. The van der Waals surface area contributed by atoms with E-state index >= 15 is 0 Å². The lowest BCUT2D eigenvalue weighted by molar-refractivity contribution is -0.126. The number of esters is 1. The van der Waals surface area contributed by atoms with E-state index in [1.165, 1.54) is 31.2 Å². The maximum atomic E-state index is 12.7. The fraction of sp³-hybridized carbons (Fsp3) is 0.263. The molecule has 1 amide bonds. The average molecular weight is 373 g/mol. The number of sulfone groups is 1. The van der Waals surface area contributed by atoms with Crippen molar-refractivity contribution < 1.29 is 22.7 Å². The van der Waals surface area contributed by atoms with Crippen LogP contribution >= 0.6 is 0 Å². The van der Waals surface area contributed by atoms with Crippen LogP contribution in [0, 0.1) is 0 Å². The van der Waals surface area contributed by atoms with Crippen LogP contribution < -0.4 is 4.90 Å². The third-order valence-corrected chi connectivity index (χ3v) is 5.39. The Morgan fingerprint density at radius 1 is 1.12 bits per heavy atom. The summed E-state index contributed by atoms with van der Waals surface area (Å²) in [5, 5.41) is 0. The number of rotatable bonds is 4. The van der Waals surface area contributed by atoms with Crippen molar-refractivity contribution in [1.29, 1.82) is 0 Å². The molecule has 1 atom stereocenters. The molecule has 26 heavy (non-hydrogen) atoms. The minimum atomic E-state index is -3.43. The van der Waals surface area contributed by atoms with Crippen LogP contribution in [-0.2, 0) is 25.8 Å². The van der Waals surface area contributed by atoms with E-state index in [1.807, 2.05) is 24.3 Å². The number of fused-ring (bicyclic) bond motifs is 1. The van der Waals surface area contributed by atoms with Crippen molar-refractivity contribution >= 4 is 27.4 Å². The third kappa shape index (κ3) is 3.62. The second-order valence-electron chi connectivity index (χ2n) is 6.22. The molecular formula is C19H19NO5S. The smallest absolute Gasteiger partial charge is 0.338 e. The van der Waals surface area contributed by atoms with E-state index in [4.69, 9.17) is 4.74 Å². The van der Waals surface area contributed by atoms with Crippen molar-refractivity contribution in [2.45, 2.75) is 24.3 Å². The van der Waals surface area contributed by atoms with Gasteiger partial charge in [0.25, 0.3) is 5.91 Å². The molecule has 0 bridgehead atoms. The van der Waals surface area contributed by atoms with Crippen molar-refractivity contribution in [3.63, 3.8) is 0 Å². The van der Waals surface area contributed by atoms with E-state index in [9.17, 15) is 18.0 Å². The Morgan fingerprint density at radius 2 is 1.85 bits per heavy atom. The van der Waals surface area contributed by atoms with Crippen LogP contribution in [0.4, 0.5) is 5.69 Å². The highest BCUT2D eigenvalue weighted by atomic mass is 32.2. The molecule has 0 aromatic heterocycles. The fourth-order valence-electron chi connectivity index (χ4n) is 2.92. The van der Waals surface area contributed by atoms with Crippen LogP contribution in [0.3, 0.4) is 0 Å². The van der Waals surface area contributed by atoms with E-state index in [0.717, 1.165) is 23.9 Å². The van der Waals surface area contributed by atoms with E-state index in [2.05, 4.69) is 0 Å². The zero-order valence-electron chi connectivity index (χ0n) is 14.5. The number of anilines is 1. The van der Waals surface area contributed by atoms with Crippen molar-refractivity contribution in [1.82, 2.24) is 0 Å². The molecule has 0 saturated carbocycles. The Morgan fingerprint density at radius 3 is 2.58 bits per heavy atom. The molecule has 2 aromatic carbocycles. The Hall–Kier alpha value is -2.67. The maximum Gasteiger partial charge on any atom is 0.338 e. The van der Waals surface area contributed by atoms with Crippen molar-refractivity contribution in [3.05, 3.63) is 59.7 Å². The highest BCUT2D eigenvalue weighted by Gasteiger charge is 2.30. The number of carbonyl (C=O) groups is 2. The molecule has 0 unspecified atom stereocenters. The van der Waals surface area contributed by atoms with Gasteiger partial charge < -0.3 is 9.64 Å². The molecule has 0 aliphatic carbocycles. The Labute approximate surface area is 152 Å². The summed E-state index contributed by atoms with van der Waals surface area (Å²) < 4.78 is 28.5. The largest absolute Gasteiger partial charge is 0.449 e. The van der Waals surface area contributed by atoms with Gasteiger partial charge in [0.1, 0.15) is 0 Å². The number of benzene rings is 2. The summed E-state index contributed by atoms with van der Waals surface area (Å²) in [5.74, 6) is -1.04. The quantitative estimate of drug-likeness (QED) is 0.768. The first-order valence-corrected chi connectivity index (χ1v) is 10.1. The molecule has 0 fully saturated rings. The van der Waals surface area contributed by atoms with Crippen molar-refractivity contribution in [2.24, 2.45) is 0 Å².